The minimum Gasteiger partial charge on any atom is -0.166 e. The van der Waals surface area contributed by atoms with E-state index in [1.54, 1.807) is 6.07 Å². The maximum Gasteiger partial charge on any atom is 0.416 e. The van der Waals surface area contributed by atoms with Crippen LogP contribution in [0.1, 0.15) is 18.6 Å². The van der Waals surface area contributed by atoms with Gasteiger partial charge in [-0.05, 0) is 17.7 Å². The summed E-state index contributed by atoms with van der Waals surface area (Å²) in [5.41, 5.74) is -0.162. The summed E-state index contributed by atoms with van der Waals surface area (Å²) in [6.07, 6.45) is -2.88. The Morgan fingerprint density at radius 1 is 1.23 bits per heavy atom. The van der Waals surface area contributed by atoms with Gasteiger partial charge in [0.1, 0.15) is 0 Å². The van der Waals surface area contributed by atoms with Gasteiger partial charge in [0.2, 0.25) is 0 Å². The van der Waals surface area contributed by atoms with Crippen molar-refractivity contribution in [2.75, 3.05) is 0 Å². The summed E-state index contributed by atoms with van der Waals surface area (Å²) in [7, 11) is 0. The van der Waals surface area contributed by atoms with Crippen molar-refractivity contribution in [3.8, 4) is 0 Å². The Labute approximate surface area is 75.7 Å². The fourth-order valence-electron chi connectivity index (χ4n) is 0.842. The molecule has 1 aromatic carbocycles. The summed E-state index contributed by atoms with van der Waals surface area (Å²) in [6, 6.07) is 5.03. The summed E-state index contributed by atoms with van der Waals surface area (Å²) in [4.78, 5) is 0. The fourth-order valence-corrected chi connectivity index (χ4v) is 0.842. The van der Waals surface area contributed by atoms with Crippen LogP contribution in [0.4, 0.5) is 13.2 Å². The van der Waals surface area contributed by atoms with Crippen LogP contribution in [-0.4, -0.2) is 0 Å². The van der Waals surface area contributed by atoms with Crippen LogP contribution < -0.4 is 0 Å². The number of alkyl halides is 3. The second kappa shape index (κ2) is 4.12. The van der Waals surface area contributed by atoms with Crippen molar-refractivity contribution in [3.05, 3.63) is 42.0 Å². The normalized spacial score (nSPS) is 10.4. The van der Waals surface area contributed by atoms with Crippen LogP contribution in [0.25, 0.3) is 6.08 Å². The quantitative estimate of drug-likeness (QED) is 0.625. The van der Waals surface area contributed by atoms with Gasteiger partial charge < -0.3 is 0 Å². The number of halogens is 3. The van der Waals surface area contributed by atoms with Gasteiger partial charge in [-0.15, -0.1) is 0 Å². The van der Waals surface area contributed by atoms with Crippen LogP contribution in [0.5, 0.6) is 0 Å². The van der Waals surface area contributed by atoms with E-state index >= 15 is 0 Å². The number of hydrogen-bond donors (Lipinski definition) is 0. The highest BCUT2D eigenvalue weighted by atomic mass is 19.4. The van der Waals surface area contributed by atoms with Gasteiger partial charge in [-0.25, -0.2) is 0 Å². The molecule has 13 heavy (non-hydrogen) atoms. The van der Waals surface area contributed by atoms with Crippen LogP contribution >= 0.6 is 0 Å². The van der Waals surface area contributed by atoms with Crippen molar-refractivity contribution in [2.24, 2.45) is 0 Å². The van der Waals surface area contributed by atoms with Crippen molar-refractivity contribution in [1.29, 1.82) is 0 Å². The Bertz CT molecular complexity index is 286. The van der Waals surface area contributed by atoms with Gasteiger partial charge in [-0.1, -0.05) is 32.2 Å². The monoisotopic (exact) mass is 188 g/mol. The van der Waals surface area contributed by atoms with E-state index in [2.05, 4.69) is 6.58 Å². The molecule has 0 aliphatic rings. The summed E-state index contributed by atoms with van der Waals surface area (Å²) in [5, 5.41) is 0. The molecular formula is C10H11F3. The van der Waals surface area contributed by atoms with Crippen molar-refractivity contribution in [2.45, 2.75) is 13.6 Å². The molecule has 0 nitrogen and oxygen atoms in total. The average Bonchev–Trinajstić information content (AvgIpc) is 2.03. The zero-order valence-corrected chi connectivity index (χ0v) is 6.23. The molecule has 0 amide bonds. The number of hydrogen-bond acceptors (Lipinski definition) is 0. The van der Waals surface area contributed by atoms with Crippen molar-refractivity contribution in [1.82, 2.24) is 0 Å². The average molecular weight is 188 g/mol. The molecule has 1 aromatic rings. The van der Waals surface area contributed by atoms with Crippen molar-refractivity contribution in [3.63, 3.8) is 0 Å². The molecule has 0 radical (unpaired) electrons. The Kier molecular flexibility index (Phi) is 3.72. The Morgan fingerprint density at radius 2 is 1.85 bits per heavy atom. The molecule has 1 rings (SSSR count). The molecule has 0 fully saturated rings. The summed E-state index contributed by atoms with van der Waals surface area (Å²) in [6.45, 7) is 3.39. The van der Waals surface area contributed by atoms with Gasteiger partial charge in [-0.3, -0.25) is 0 Å². The first-order valence-electron chi connectivity index (χ1n) is 3.34. The zero-order valence-electron chi connectivity index (χ0n) is 6.23. The minimum absolute atomic E-state index is 0. The Hall–Kier alpha value is -1.25. The largest absolute Gasteiger partial charge is 0.416 e. The minimum atomic E-state index is -4.26. The van der Waals surface area contributed by atoms with E-state index in [1.165, 1.54) is 12.1 Å². The smallest absolute Gasteiger partial charge is 0.166 e. The van der Waals surface area contributed by atoms with Crippen LogP contribution in [-0.2, 0) is 6.18 Å². The van der Waals surface area contributed by atoms with Crippen molar-refractivity contribution >= 4 is 6.08 Å². The molecule has 0 N–H and O–H groups in total. The SMILES string of the molecule is C.C=Cc1cccc(C(F)(F)F)c1. The predicted octanol–water partition coefficient (Wildman–Crippen LogP) is 3.98. The summed E-state index contributed by atoms with van der Waals surface area (Å²) in [5.74, 6) is 0. The van der Waals surface area contributed by atoms with Crippen LogP contribution in [0.3, 0.4) is 0 Å². The topological polar surface area (TPSA) is 0 Å². The first-order valence-corrected chi connectivity index (χ1v) is 3.34. The highest BCUT2D eigenvalue weighted by Crippen LogP contribution is 2.29. The van der Waals surface area contributed by atoms with Gasteiger partial charge in [0.15, 0.2) is 0 Å². The number of rotatable bonds is 1. The van der Waals surface area contributed by atoms with E-state index < -0.39 is 11.7 Å². The third-order valence-corrected chi connectivity index (χ3v) is 1.45. The molecule has 0 aliphatic heterocycles. The zero-order chi connectivity index (χ0) is 9.19. The number of benzene rings is 1. The summed E-state index contributed by atoms with van der Waals surface area (Å²) < 4.78 is 36.2. The van der Waals surface area contributed by atoms with Gasteiger partial charge >= 0.3 is 6.18 Å². The second-order valence-corrected chi connectivity index (χ2v) is 2.33. The maximum absolute atomic E-state index is 12.1. The van der Waals surface area contributed by atoms with Gasteiger partial charge in [-0.2, -0.15) is 13.2 Å². The first-order chi connectivity index (χ1) is 5.54. The van der Waals surface area contributed by atoms with E-state index in [4.69, 9.17) is 0 Å². The molecule has 0 unspecified atom stereocenters. The van der Waals surface area contributed by atoms with E-state index in [1.807, 2.05) is 0 Å². The predicted molar refractivity (Wildman–Crippen MR) is 48.3 cm³/mol. The molecule has 0 aromatic heterocycles. The molecule has 0 saturated carbocycles. The second-order valence-electron chi connectivity index (χ2n) is 2.33. The first kappa shape index (κ1) is 11.8. The molecule has 0 saturated heterocycles. The third kappa shape index (κ3) is 2.93. The molecule has 72 valence electrons. The van der Waals surface area contributed by atoms with Crippen molar-refractivity contribution < 1.29 is 13.2 Å². The standard InChI is InChI=1S/C9H7F3.CH4/c1-2-7-4-3-5-8(6-7)9(10,11)12;/h2-6H,1H2;1H4. The maximum atomic E-state index is 12.1. The van der Waals surface area contributed by atoms with Gasteiger partial charge in [0, 0.05) is 0 Å². The van der Waals surface area contributed by atoms with E-state index in [0.29, 0.717) is 5.56 Å². The molecule has 0 bridgehead atoms. The lowest BCUT2D eigenvalue weighted by Gasteiger charge is -2.06. The molecular weight excluding hydrogens is 177 g/mol. The molecule has 3 heteroatoms. The van der Waals surface area contributed by atoms with E-state index in [9.17, 15) is 13.2 Å². The van der Waals surface area contributed by atoms with Gasteiger partial charge in [0.25, 0.3) is 0 Å². The molecule has 0 spiro atoms. The van der Waals surface area contributed by atoms with Crippen LogP contribution in [0, 0.1) is 0 Å². The van der Waals surface area contributed by atoms with Crippen LogP contribution in [0.2, 0.25) is 0 Å². The fraction of sp³-hybridized carbons (Fsp3) is 0.200. The van der Waals surface area contributed by atoms with E-state index in [-0.39, 0.29) is 7.43 Å². The van der Waals surface area contributed by atoms with E-state index in [0.717, 1.165) is 12.1 Å². The highest BCUT2D eigenvalue weighted by Gasteiger charge is 2.29. The Balaban J connectivity index is 0.00000144. The highest BCUT2D eigenvalue weighted by molar-refractivity contribution is 5.48. The lowest BCUT2D eigenvalue weighted by Crippen LogP contribution is -2.04. The lowest BCUT2D eigenvalue weighted by atomic mass is 10.1. The molecule has 0 atom stereocenters. The van der Waals surface area contributed by atoms with Crippen LogP contribution in [0.15, 0.2) is 30.8 Å². The summed E-state index contributed by atoms with van der Waals surface area (Å²) >= 11 is 0. The Morgan fingerprint density at radius 3 is 2.31 bits per heavy atom. The molecule has 0 heterocycles. The lowest BCUT2D eigenvalue weighted by molar-refractivity contribution is -0.137. The third-order valence-electron chi connectivity index (χ3n) is 1.45. The van der Waals surface area contributed by atoms with Gasteiger partial charge in [0.05, 0.1) is 5.56 Å². The molecule has 0 aliphatic carbocycles.